The Balaban J connectivity index is 2.65. The van der Waals surface area contributed by atoms with Gasteiger partial charge < -0.3 is 5.73 Å². The number of nitrogen functional groups attached to an aromatic ring is 1. The average molecular weight is 238 g/mol. The van der Waals surface area contributed by atoms with E-state index in [0.29, 0.717) is 5.69 Å². The molecular weight excluding hydrogens is 226 g/mol. The molecule has 0 atom stereocenters. The van der Waals surface area contributed by atoms with E-state index in [2.05, 4.69) is 10.3 Å². The van der Waals surface area contributed by atoms with Crippen molar-refractivity contribution in [1.29, 1.82) is 0 Å². The maximum absolute atomic E-state index is 13.6. The van der Waals surface area contributed by atoms with Crippen molar-refractivity contribution in [3.8, 4) is 5.69 Å². The van der Waals surface area contributed by atoms with E-state index in [1.807, 2.05) is 13.8 Å². The van der Waals surface area contributed by atoms with Crippen LogP contribution in [0.5, 0.6) is 0 Å². The first kappa shape index (κ1) is 11.5. The summed E-state index contributed by atoms with van der Waals surface area (Å²) in [7, 11) is 0. The molecule has 0 spiro atoms. The number of benzene rings is 1. The predicted molar refractivity (Wildman–Crippen MR) is 59.8 cm³/mol. The van der Waals surface area contributed by atoms with Crippen LogP contribution in [-0.2, 0) is 0 Å². The minimum atomic E-state index is -0.959. The third-order valence-corrected chi connectivity index (χ3v) is 2.44. The maximum atomic E-state index is 13.6. The molecule has 0 fully saturated rings. The minimum absolute atomic E-state index is 0.00710. The SMILES string of the molecule is CC(C)c1c(N)nnn1-c1cccc(F)c1F. The van der Waals surface area contributed by atoms with Crippen molar-refractivity contribution in [2.75, 3.05) is 5.73 Å². The summed E-state index contributed by atoms with van der Waals surface area (Å²) < 4.78 is 28.0. The standard InChI is InChI=1S/C11H12F2N4/c1-6(2)10-11(14)15-16-17(10)8-5-3-4-7(12)9(8)13/h3-6H,14H2,1-2H3. The van der Waals surface area contributed by atoms with Crippen LogP contribution in [0.2, 0.25) is 0 Å². The van der Waals surface area contributed by atoms with Gasteiger partial charge in [-0.1, -0.05) is 25.1 Å². The Hall–Kier alpha value is -1.98. The summed E-state index contributed by atoms with van der Waals surface area (Å²) in [6.45, 7) is 3.76. The molecule has 0 aliphatic heterocycles. The Morgan fingerprint density at radius 2 is 2.00 bits per heavy atom. The highest BCUT2D eigenvalue weighted by Crippen LogP contribution is 2.24. The van der Waals surface area contributed by atoms with E-state index in [-0.39, 0.29) is 17.4 Å². The predicted octanol–water partition coefficient (Wildman–Crippen LogP) is 2.25. The molecule has 0 saturated carbocycles. The molecule has 2 rings (SSSR count). The van der Waals surface area contributed by atoms with Crippen molar-refractivity contribution >= 4 is 5.82 Å². The van der Waals surface area contributed by atoms with Crippen molar-refractivity contribution in [1.82, 2.24) is 15.0 Å². The van der Waals surface area contributed by atoms with E-state index in [1.54, 1.807) is 0 Å². The van der Waals surface area contributed by atoms with Crippen LogP contribution in [-0.4, -0.2) is 15.0 Å². The summed E-state index contributed by atoms with van der Waals surface area (Å²) in [5.74, 6) is -1.65. The van der Waals surface area contributed by atoms with E-state index >= 15 is 0 Å². The quantitative estimate of drug-likeness (QED) is 0.873. The fourth-order valence-corrected chi connectivity index (χ4v) is 1.68. The monoisotopic (exact) mass is 238 g/mol. The number of nitrogens with zero attached hydrogens (tertiary/aromatic N) is 3. The van der Waals surface area contributed by atoms with Crippen LogP contribution in [0.15, 0.2) is 18.2 Å². The van der Waals surface area contributed by atoms with Gasteiger partial charge in [0.1, 0.15) is 5.69 Å². The van der Waals surface area contributed by atoms with Gasteiger partial charge in [-0.05, 0) is 18.1 Å². The van der Waals surface area contributed by atoms with Crippen LogP contribution in [0.3, 0.4) is 0 Å². The molecule has 0 saturated heterocycles. The molecule has 1 aromatic heterocycles. The second kappa shape index (κ2) is 4.12. The van der Waals surface area contributed by atoms with Gasteiger partial charge in [0.05, 0.1) is 5.69 Å². The Bertz CT molecular complexity index is 548. The van der Waals surface area contributed by atoms with Gasteiger partial charge in [0.25, 0.3) is 0 Å². The summed E-state index contributed by atoms with van der Waals surface area (Å²) in [6, 6.07) is 3.89. The van der Waals surface area contributed by atoms with Crippen LogP contribution >= 0.6 is 0 Å². The molecule has 0 radical (unpaired) electrons. The summed E-state index contributed by atoms with van der Waals surface area (Å²) in [5.41, 5.74) is 6.23. The second-order valence-corrected chi connectivity index (χ2v) is 4.00. The van der Waals surface area contributed by atoms with E-state index in [4.69, 9.17) is 5.73 Å². The molecule has 2 aromatic rings. The van der Waals surface area contributed by atoms with Gasteiger partial charge >= 0.3 is 0 Å². The van der Waals surface area contributed by atoms with Crippen molar-refractivity contribution in [3.05, 3.63) is 35.5 Å². The second-order valence-electron chi connectivity index (χ2n) is 4.00. The van der Waals surface area contributed by atoms with E-state index in [0.717, 1.165) is 6.07 Å². The number of halogens is 2. The van der Waals surface area contributed by atoms with Crippen LogP contribution in [0.4, 0.5) is 14.6 Å². The zero-order valence-corrected chi connectivity index (χ0v) is 9.48. The Morgan fingerprint density at radius 3 is 2.65 bits per heavy atom. The van der Waals surface area contributed by atoms with E-state index < -0.39 is 11.6 Å². The number of aromatic nitrogens is 3. The molecule has 1 heterocycles. The van der Waals surface area contributed by atoms with Gasteiger partial charge in [0.15, 0.2) is 17.5 Å². The number of hydrogen-bond acceptors (Lipinski definition) is 3. The van der Waals surface area contributed by atoms with Gasteiger partial charge in [-0.25, -0.2) is 13.5 Å². The third kappa shape index (κ3) is 1.86. The van der Waals surface area contributed by atoms with Crippen molar-refractivity contribution < 1.29 is 8.78 Å². The third-order valence-electron chi connectivity index (χ3n) is 2.44. The molecule has 4 nitrogen and oxygen atoms in total. The Labute approximate surface area is 97.0 Å². The lowest BCUT2D eigenvalue weighted by molar-refractivity contribution is 0.498. The molecule has 1 aromatic carbocycles. The topological polar surface area (TPSA) is 56.7 Å². The highest BCUT2D eigenvalue weighted by Gasteiger charge is 2.18. The first-order valence-electron chi connectivity index (χ1n) is 5.17. The van der Waals surface area contributed by atoms with Crippen molar-refractivity contribution in [3.63, 3.8) is 0 Å². The van der Waals surface area contributed by atoms with Crippen LogP contribution in [0, 0.1) is 11.6 Å². The highest BCUT2D eigenvalue weighted by atomic mass is 19.2. The number of rotatable bonds is 2. The molecule has 0 aliphatic carbocycles. The normalized spacial score (nSPS) is 11.1. The highest BCUT2D eigenvalue weighted by molar-refractivity contribution is 5.43. The summed E-state index contributed by atoms with van der Waals surface area (Å²) in [4.78, 5) is 0. The Morgan fingerprint density at radius 1 is 1.29 bits per heavy atom. The van der Waals surface area contributed by atoms with Gasteiger partial charge in [-0.2, -0.15) is 0 Å². The lowest BCUT2D eigenvalue weighted by atomic mass is 10.1. The van der Waals surface area contributed by atoms with Crippen molar-refractivity contribution in [2.45, 2.75) is 19.8 Å². The smallest absolute Gasteiger partial charge is 0.184 e. The van der Waals surface area contributed by atoms with Gasteiger partial charge in [0.2, 0.25) is 0 Å². The largest absolute Gasteiger partial charge is 0.381 e. The van der Waals surface area contributed by atoms with Crippen molar-refractivity contribution in [2.24, 2.45) is 0 Å². The molecule has 6 heteroatoms. The van der Waals surface area contributed by atoms with E-state index in [9.17, 15) is 8.78 Å². The molecule has 17 heavy (non-hydrogen) atoms. The lowest BCUT2D eigenvalue weighted by Crippen LogP contribution is -2.08. The van der Waals surface area contributed by atoms with Crippen LogP contribution in [0.1, 0.15) is 25.5 Å². The lowest BCUT2D eigenvalue weighted by Gasteiger charge is -2.10. The minimum Gasteiger partial charge on any atom is -0.381 e. The molecule has 0 amide bonds. The number of hydrogen-bond donors (Lipinski definition) is 1. The summed E-state index contributed by atoms with van der Waals surface area (Å²) in [5, 5.41) is 7.43. The molecule has 0 bridgehead atoms. The maximum Gasteiger partial charge on any atom is 0.184 e. The fourth-order valence-electron chi connectivity index (χ4n) is 1.68. The summed E-state index contributed by atoms with van der Waals surface area (Å²) >= 11 is 0. The van der Waals surface area contributed by atoms with E-state index in [1.165, 1.54) is 16.8 Å². The molecule has 0 unspecified atom stereocenters. The number of nitrogens with two attached hydrogens (primary N) is 1. The van der Waals surface area contributed by atoms with Crippen LogP contribution < -0.4 is 5.73 Å². The van der Waals surface area contributed by atoms with Gasteiger partial charge in [0, 0.05) is 0 Å². The fraction of sp³-hybridized carbons (Fsp3) is 0.273. The molecule has 0 aliphatic rings. The molecule has 90 valence electrons. The molecular formula is C11H12F2N4. The zero-order valence-electron chi connectivity index (χ0n) is 9.48. The number of anilines is 1. The van der Waals surface area contributed by atoms with Crippen LogP contribution in [0.25, 0.3) is 5.69 Å². The van der Waals surface area contributed by atoms with Gasteiger partial charge in [-0.3, -0.25) is 0 Å². The zero-order chi connectivity index (χ0) is 12.6. The van der Waals surface area contributed by atoms with Gasteiger partial charge in [-0.15, -0.1) is 5.10 Å². The average Bonchev–Trinajstić information content (AvgIpc) is 2.64. The Kier molecular flexibility index (Phi) is 2.79. The summed E-state index contributed by atoms with van der Waals surface area (Å²) in [6.07, 6.45) is 0. The first-order chi connectivity index (χ1) is 8.02. The molecule has 2 N–H and O–H groups in total. The first-order valence-corrected chi connectivity index (χ1v) is 5.17.